The molecule has 0 atom stereocenters. The van der Waals surface area contributed by atoms with Crippen LogP contribution in [0.15, 0.2) is 24.3 Å². The van der Waals surface area contributed by atoms with Crippen molar-refractivity contribution in [3.8, 4) is 0 Å². The summed E-state index contributed by atoms with van der Waals surface area (Å²) >= 11 is 11.9. The lowest BCUT2D eigenvalue weighted by Crippen LogP contribution is -2.10. The Balaban J connectivity index is 2.13. The summed E-state index contributed by atoms with van der Waals surface area (Å²) in [4.78, 5) is 8.65. The maximum Gasteiger partial charge on any atom is 0.136 e. The number of methoxy groups -OCH3 is 1. The fraction of sp³-hybridized carbons (Fsp3) is 0.286. The molecule has 1 heterocycles. The van der Waals surface area contributed by atoms with Gasteiger partial charge >= 0.3 is 0 Å². The van der Waals surface area contributed by atoms with Gasteiger partial charge in [0.05, 0.1) is 16.7 Å². The average molecular weight is 327 g/mol. The quantitative estimate of drug-likeness (QED) is 0.788. The minimum Gasteiger partial charge on any atom is -0.383 e. The molecule has 5 nitrogen and oxygen atoms in total. The van der Waals surface area contributed by atoms with Crippen LogP contribution in [0.2, 0.25) is 10.0 Å². The van der Waals surface area contributed by atoms with Gasteiger partial charge in [0.25, 0.3) is 0 Å². The van der Waals surface area contributed by atoms with E-state index in [0.29, 0.717) is 34.8 Å². The van der Waals surface area contributed by atoms with Crippen molar-refractivity contribution in [2.24, 2.45) is 0 Å². The lowest BCUT2D eigenvalue weighted by molar-refractivity contribution is 0.210. The monoisotopic (exact) mass is 326 g/mol. The number of anilines is 3. The summed E-state index contributed by atoms with van der Waals surface area (Å²) < 4.78 is 5.00. The molecule has 21 heavy (non-hydrogen) atoms. The number of aromatic nitrogens is 2. The van der Waals surface area contributed by atoms with E-state index in [1.54, 1.807) is 19.2 Å². The van der Waals surface area contributed by atoms with Crippen molar-refractivity contribution in [1.82, 2.24) is 9.97 Å². The first-order valence-corrected chi connectivity index (χ1v) is 7.14. The lowest BCUT2D eigenvalue weighted by Gasteiger charge is -2.10. The summed E-state index contributed by atoms with van der Waals surface area (Å²) in [6, 6.07) is 7.15. The molecule has 0 saturated heterocycles. The van der Waals surface area contributed by atoms with E-state index in [2.05, 4.69) is 20.6 Å². The van der Waals surface area contributed by atoms with Gasteiger partial charge in [0.1, 0.15) is 17.5 Å². The van der Waals surface area contributed by atoms with Crippen molar-refractivity contribution in [1.29, 1.82) is 0 Å². The Kier molecular flexibility index (Phi) is 5.61. The van der Waals surface area contributed by atoms with Crippen LogP contribution in [-0.4, -0.2) is 30.2 Å². The third kappa shape index (κ3) is 4.74. The molecular formula is C14H16Cl2N4O. The van der Waals surface area contributed by atoms with Crippen LogP contribution in [0.5, 0.6) is 0 Å². The highest BCUT2D eigenvalue weighted by Crippen LogP contribution is 2.26. The zero-order chi connectivity index (χ0) is 15.2. The highest BCUT2D eigenvalue weighted by Gasteiger charge is 2.04. The van der Waals surface area contributed by atoms with E-state index in [4.69, 9.17) is 27.9 Å². The fourth-order valence-corrected chi connectivity index (χ4v) is 2.02. The van der Waals surface area contributed by atoms with E-state index in [0.717, 1.165) is 11.5 Å². The van der Waals surface area contributed by atoms with Crippen LogP contribution in [0.4, 0.5) is 17.3 Å². The van der Waals surface area contributed by atoms with Crippen molar-refractivity contribution in [2.45, 2.75) is 6.92 Å². The topological polar surface area (TPSA) is 59.1 Å². The summed E-state index contributed by atoms with van der Waals surface area (Å²) in [6.07, 6.45) is 0. The smallest absolute Gasteiger partial charge is 0.136 e. The Labute approximate surface area is 133 Å². The van der Waals surface area contributed by atoms with Crippen LogP contribution in [-0.2, 0) is 4.74 Å². The van der Waals surface area contributed by atoms with Crippen molar-refractivity contribution < 1.29 is 4.74 Å². The molecule has 2 N–H and O–H groups in total. The number of aryl methyl sites for hydroxylation is 1. The Morgan fingerprint density at radius 1 is 1.10 bits per heavy atom. The maximum atomic E-state index is 6.00. The predicted octanol–water partition coefficient (Wildman–Crippen LogP) is 3.89. The molecule has 112 valence electrons. The molecule has 1 aromatic heterocycles. The van der Waals surface area contributed by atoms with Crippen LogP contribution >= 0.6 is 23.2 Å². The first-order chi connectivity index (χ1) is 10.1. The largest absolute Gasteiger partial charge is 0.383 e. The lowest BCUT2D eigenvalue weighted by atomic mass is 10.3. The number of nitrogens with one attached hydrogen (secondary N) is 2. The molecule has 1 aromatic carbocycles. The standard InChI is InChI=1S/C14H16Cl2N4O/c1-9-18-13(17-5-6-21-2)8-14(19-9)20-10-3-4-11(15)12(16)7-10/h3-4,7-8H,5-6H2,1-2H3,(H2,17,18,19,20). The first-order valence-electron chi connectivity index (χ1n) is 6.39. The molecule has 7 heteroatoms. The Morgan fingerprint density at radius 2 is 1.86 bits per heavy atom. The molecule has 0 saturated carbocycles. The third-order valence-corrected chi connectivity index (χ3v) is 3.38. The number of rotatable bonds is 6. The zero-order valence-electron chi connectivity index (χ0n) is 11.8. The highest BCUT2D eigenvalue weighted by molar-refractivity contribution is 6.42. The van der Waals surface area contributed by atoms with E-state index >= 15 is 0 Å². The molecule has 0 fully saturated rings. The summed E-state index contributed by atoms with van der Waals surface area (Å²) in [7, 11) is 1.66. The van der Waals surface area contributed by atoms with Gasteiger partial charge in [-0.15, -0.1) is 0 Å². The molecule has 0 bridgehead atoms. The summed E-state index contributed by atoms with van der Waals surface area (Å²) in [6.45, 7) is 3.12. The molecule has 0 amide bonds. The Morgan fingerprint density at radius 3 is 2.57 bits per heavy atom. The van der Waals surface area contributed by atoms with Crippen LogP contribution in [0.25, 0.3) is 0 Å². The molecule has 0 aliphatic heterocycles. The van der Waals surface area contributed by atoms with Gasteiger partial charge in [-0.3, -0.25) is 0 Å². The van der Waals surface area contributed by atoms with E-state index in [1.807, 2.05) is 19.1 Å². The van der Waals surface area contributed by atoms with Crippen LogP contribution in [0.3, 0.4) is 0 Å². The van der Waals surface area contributed by atoms with Gasteiger partial charge < -0.3 is 15.4 Å². The Hall–Kier alpha value is -1.56. The summed E-state index contributed by atoms with van der Waals surface area (Å²) in [5.41, 5.74) is 0.811. The molecule has 0 aliphatic carbocycles. The second-order valence-corrected chi connectivity index (χ2v) is 5.17. The number of halogens is 2. The highest BCUT2D eigenvalue weighted by atomic mass is 35.5. The predicted molar refractivity (Wildman–Crippen MR) is 86.9 cm³/mol. The second kappa shape index (κ2) is 7.45. The molecule has 0 radical (unpaired) electrons. The number of nitrogens with zero attached hydrogens (tertiary/aromatic N) is 2. The Bertz CT molecular complexity index is 622. The van der Waals surface area contributed by atoms with Gasteiger partial charge in [0, 0.05) is 25.4 Å². The maximum absolute atomic E-state index is 6.00. The molecule has 2 aromatic rings. The van der Waals surface area contributed by atoms with Gasteiger partial charge in [-0.05, 0) is 25.1 Å². The van der Waals surface area contributed by atoms with Crippen LogP contribution in [0, 0.1) is 6.92 Å². The molecule has 0 aliphatic rings. The summed E-state index contributed by atoms with van der Waals surface area (Å²) in [5, 5.41) is 7.36. The van der Waals surface area contributed by atoms with Gasteiger partial charge in [0.2, 0.25) is 0 Å². The van der Waals surface area contributed by atoms with Crippen LogP contribution in [0.1, 0.15) is 5.82 Å². The third-order valence-electron chi connectivity index (χ3n) is 2.64. The van der Waals surface area contributed by atoms with E-state index in [1.165, 1.54) is 0 Å². The van der Waals surface area contributed by atoms with Crippen molar-refractivity contribution in [3.63, 3.8) is 0 Å². The number of hydrogen-bond acceptors (Lipinski definition) is 5. The average Bonchev–Trinajstić information content (AvgIpc) is 2.43. The summed E-state index contributed by atoms with van der Waals surface area (Å²) in [5.74, 6) is 2.09. The van der Waals surface area contributed by atoms with E-state index < -0.39 is 0 Å². The molecule has 0 unspecified atom stereocenters. The van der Waals surface area contributed by atoms with Gasteiger partial charge in [-0.25, -0.2) is 9.97 Å². The number of ether oxygens (including phenoxy) is 1. The normalized spacial score (nSPS) is 10.5. The molecule has 2 rings (SSSR count). The van der Waals surface area contributed by atoms with Crippen LogP contribution < -0.4 is 10.6 Å². The molecular weight excluding hydrogens is 311 g/mol. The van der Waals surface area contributed by atoms with E-state index in [9.17, 15) is 0 Å². The number of benzene rings is 1. The first kappa shape index (κ1) is 15.8. The van der Waals surface area contributed by atoms with Crippen molar-refractivity contribution >= 4 is 40.5 Å². The minimum atomic E-state index is 0.492. The minimum absolute atomic E-state index is 0.492. The van der Waals surface area contributed by atoms with Gasteiger partial charge in [-0.2, -0.15) is 0 Å². The van der Waals surface area contributed by atoms with Gasteiger partial charge in [-0.1, -0.05) is 23.2 Å². The zero-order valence-corrected chi connectivity index (χ0v) is 13.3. The van der Waals surface area contributed by atoms with Crippen molar-refractivity contribution in [2.75, 3.05) is 30.9 Å². The number of hydrogen-bond donors (Lipinski definition) is 2. The second-order valence-electron chi connectivity index (χ2n) is 4.36. The van der Waals surface area contributed by atoms with Crippen molar-refractivity contribution in [3.05, 3.63) is 40.1 Å². The SMILES string of the molecule is COCCNc1cc(Nc2ccc(Cl)c(Cl)c2)nc(C)n1. The fourth-order valence-electron chi connectivity index (χ4n) is 1.73. The van der Waals surface area contributed by atoms with Gasteiger partial charge in [0.15, 0.2) is 0 Å². The van der Waals surface area contributed by atoms with E-state index in [-0.39, 0.29) is 0 Å². The molecule has 0 spiro atoms.